The van der Waals surface area contributed by atoms with Crippen LogP contribution in [0, 0.1) is 3.57 Å². The van der Waals surface area contributed by atoms with Crippen LogP contribution in [0.15, 0.2) is 24.3 Å². The zero-order chi connectivity index (χ0) is 12.0. The molecule has 1 aromatic carbocycles. The van der Waals surface area contributed by atoms with E-state index in [4.69, 9.17) is 4.84 Å². The first-order valence-electron chi connectivity index (χ1n) is 4.51. The minimum Gasteiger partial charge on any atom is -0.357 e. The lowest BCUT2D eigenvalue weighted by molar-refractivity contribution is -0.126. The molecule has 0 aliphatic heterocycles. The molecular weight excluding hydrogens is 323 g/mol. The van der Waals surface area contributed by atoms with Gasteiger partial charge in [-0.05, 0) is 46.9 Å². The standard InChI is InChI=1S/C10H11IN2O3/c1-12-9(14)6-16-13-10(15)7-2-4-8(11)5-3-7/h2-5H,6H2,1H3,(H,12,14)(H,13,15). The van der Waals surface area contributed by atoms with Crippen LogP contribution in [0.4, 0.5) is 0 Å². The van der Waals surface area contributed by atoms with Gasteiger partial charge in [0.2, 0.25) is 5.91 Å². The molecule has 0 aliphatic carbocycles. The molecule has 0 bridgehead atoms. The smallest absolute Gasteiger partial charge is 0.274 e. The van der Waals surface area contributed by atoms with Gasteiger partial charge < -0.3 is 5.32 Å². The Bertz CT molecular complexity index is 378. The average Bonchev–Trinajstić information content (AvgIpc) is 2.29. The maximum Gasteiger partial charge on any atom is 0.274 e. The van der Waals surface area contributed by atoms with E-state index >= 15 is 0 Å². The molecule has 1 rings (SSSR count). The van der Waals surface area contributed by atoms with Crippen LogP contribution in [0.2, 0.25) is 0 Å². The van der Waals surface area contributed by atoms with E-state index in [1.165, 1.54) is 7.05 Å². The zero-order valence-electron chi connectivity index (χ0n) is 8.62. The third-order valence-electron chi connectivity index (χ3n) is 1.75. The van der Waals surface area contributed by atoms with Crippen molar-refractivity contribution in [2.45, 2.75) is 0 Å². The number of hydroxylamine groups is 1. The van der Waals surface area contributed by atoms with E-state index < -0.39 is 0 Å². The lowest BCUT2D eigenvalue weighted by Crippen LogP contribution is -2.31. The van der Waals surface area contributed by atoms with Gasteiger partial charge in [-0.1, -0.05) is 0 Å². The highest BCUT2D eigenvalue weighted by Crippen LogP contribution is 2.06. The Balaban J connectivity index is 2.41. The molecular formula is C10H11IN2O3. The van der Waals surface area contributed by atoms with Gasteiger partial charge in [-0.15, -0.1) is 0 Å². The molecule has 0 saturated carbocycles. The molecule has 0 fully saturated rings. The van der Waals surface area contributed by atoms with Crippen molar-refractivity contribution in [1.29, 1.82) is 0 Å². The van der Waals surface area contributed by atoms with Gasteiger partial charge in [0, 0.05) is 16.2 Å². The van der Waals surface area contributed by atoms with Gasteiger partial charge in [0.05, 0.1) is 0 Å². The Kier molecular flexibility index (Phi) is 5.20. The largest absolute Gasteiger partial charge is 0.357 e. The van der Waals surface area contributed by atoms with Gasteiger partial charge in [-0.25, -0.2) is 5.48 Å². The van der Waals surface area contributed by atoms with E-state index in [9.17, 15) is 9.59 Å². The highest BCUT2D eigenvalue weighted by molar-refractivity contribution is 14.1. The number of likely N-dealkylation sites (N-methyl/N-ethyl adjacent to an activating group) is 1. The molecule has 0 radical (unpaired) electrons. The van der Waals surface area contributed by atoms with E-state index in [0.29, 0.717) is 5.56 Å². The van der Waals surface area contributed by atoms with E-state index in [0.717, 1.165) is 3.57 Å². The molecule has 0 spiro atoms. The first-order valence-corrected chi connectivity index (χ1v) is 5.59. The van der Waals surface area contributed by atoms with E-state index in [1.807, 2.05) is 12.1 Å². The van der Waals surface area contributed by atoms with Crippen LogP contribution in [0.25, 0.3) is 0 Å². The first-order chi connectivity index (χ1) is 7.63. The van der Waals surface area contributed by atoms with Crippen LogP contribution in [-0.2, 0) is 9.63 Å². The summed E-state index contributed by atoms with van der Waals surface area (Å²) in [5.74, 6) is -0.678. The highest BCUT2D eigenvalue weighted by Gasteiger charge is 2.05. The van der Waals surface area contributed by atoms with Crippen LogP contribution >= 0.6 is 22.6 Å². The number of nitrogens with one attached hydrogen (secondary N) is 2. The SMILES string of the molecule is CNC(=O)CONC(=O)c1ccc(I)cc1. The average molecular weight is 334 g/mol. The Labute approximate surface area is 107 Å². The second kappa shape index (κ2) is 6.44. The molecule has 0 aromatic heterocycles. The summed E-state index contributed by atoms with van der Waals surface area (Å²) < 4.78 is 1.04. The molecule has 16 heavy (non-hydrogen) atoms. The Morgan fingerprint density at radius 1 is 1.31 bits per heavy atom. The molecule has 0 aliphatic rings. The number of hydrogen-bond acceptors (Lipinski definition) is 3. The highest BCUT2D eigenvalue weighted by atomic mass is 127. The minimum atomic E-state index is -0.375. The molecule has 0 heterocycles. The summed E-state index contributed by atoms with van der Waals surface area (Å²) in [5.41, 5.74) is 2.67. The van der Waals surface area contributed by atoms with Gasteiger partial charge in [-0.3, -0.25) is 14.4 Å². The summed E-state index contributed by atoms with van der Waals surface area (Å²) in [6.07, 6.45) is 0. The van der Waals surface area contributed by atoms with Crippen molar-refractivity contribution in [3.05, 3.63) is 33.4 Å². The fourth-order valence-electron chi connectivity index (χ4n) is 0.900. The fraction of sp³-hybridized carbons (Fsp3) is 0.200. The molecule has 2 amide bonds. The summed E-state index contributed by atoms with van der Waals surface area (Å²) in [7, 11) is 1.49. The predicted octanol–water partition coefficient (Wildman–Crippen LogP) is 0.699. The number of amides is 2. The Morgan fingerprint density at radius 2 is 1.94 bits per heavy atom. The maximum absolute atomic E-state index is 11.5. The van der Waals surface area contributed by atoms with Gasteiger partial charge in [0.1, 0.15) is 0 Å². The molecule has 0 unspecified atom stereocenters. The summed E-state index contributed by atoms with van der Waals surface area (Å²) in [6, 6.07) is 6.99. The lowest BCUT2D eigenvalue weighted by Gasteiger charge is -2.05. The van der Waals surface area contributed by atoms with Crippen LogP contribution in [-0.4, -0.2) is 25.5 Å². The number of benzene rings is 1. The third-order valence-corrected chi connectivity index (χ3v) is 2.47. The quantitative estimate of drug-likeness (QED) is 0.629. The van der Waals surface area contributed by atoms with E-state index in [2.05, 4.69) is 33.4 Å². The molecule has 6 heteroatoms. The van der Waals surface area contributed by atoms with Crippen molar-refractivity contribution in [3.8, 4) is 0 Å². The first kappa shape index (κ1) is 12.9. The zero-order valence-corrected chi connectivity index (χ0v) is 10.8. The van der Waals surface area contributed by atoms with E-state index in [-0.39, 0.29) is 18.4 Å². The second-order valence-electron chi connectivity index (χ2n) is 2.90. The molecule has 2 N–H and O–H groups in total. The number of halogens is 1. The summed E-state index contributed by atoms with van der Waals surface area (Å²) in [4.78, 5) is 27.0. The topological polar surface area (TPSA) is 67.4 Å². The molecule has 1 aromatic rings. The third kappa shape index (κ3) is 4.15. The molecule has 0 atom stereocenters. The number of carbonyl (C=O) groups excluding carboxylic acids is 2. The number of rotatable bonds is 4. The Morgan fingerprint density at radius 3 is 2.50 bits per heavy atom. The van der Waals surface area contributed by atoms with Gasteiger partial charge in [0.15, 0.2) is 6.61 Å². The monoisotopic (exact) mass is 334 g/mol. The van der Waals surface area contributed by atoms with E-state index in [1.54, 1.807) is 12.1 Å². The normalized spacial score (nSPS) is 9.62. The minimum absolute atomic E-state index is 0.202. The van der Waals surface area contributed by atoms with Gasteiger partial charge in [-0.2, -0.15) is 0 Å². The van der Waals surface area contributed by atoms with Crippen LogP contribution < -0.4 is 10.8 Å². The maximum atomic E-state index is 11.5. The van der Waals surface area contributed by atoms with Crippen molar-refractivity contribution in [2.24, 2.45) is 0 Å². The Hall–Kier alpha value is -1.15. The number of carbonyl (C=O) groups is 2. The van der Waals surface area contributed by atoms with Crippen molar-refractivity contribution in [1.82, 2.24) is 10.8 Å². The summed E-state index contributed by atoms with van der Waals surface area (Å²) >= 11 is 2.15. The van der Waals surface area contributed by atoms with Crippen LogP contribution in [0.5, 0.6) is 0 Å². The van der Waals surface area contributed by atoms with Crippen molar-refractivity contribution >= 4 is 34.4 Å². The fourth-order valence-corrected chi connectivity index (χ4v) is 1.26. The second-order valence-corrected chi connectivity index (χ2v) is 4.15. The predicted molar refractivity (Wildman–Crippen MR) is 66.6 cm³/mol. The summed E-state index contributed by atoms with van der Waals surface area (Å²) in [6.45, 7) is -0.202. The lowest BCUT2D eigenvalue weighted by atomic mass is 10.2. The van der Waals surface area contributed by atoms with Crippen molar-refractivity contribution in [2.75, 3.05) is 13.7 Å². The molecule has 5 nitrogen and oxygen atoms in total. The number of hydrogen-bond donors (Lipinski definition) is 2. The van der Waals surface area contributed by atoms with Crippen LogP contribution in [0.1, 0.15) is 10.4 Å². The van der Waals surface area contributed by atoms with Crippen molar-refractivity contribution in [3.63, 3.8) is 0 Å². The molecule has 86 valence electrons. The van der Waals surface area contributed by atoms with Gasteiger partial charge >= 0.3 is 0 Å². The van der Waals surface area contributed by atoms with Crippen LogP contribution in [0.3, 0.4) is 0 Å². The van der Waals surface area contributed by atoms with Gasteiger partial charge in [0.25, 0.3) is 5.91 Å². The van der Waals surface area contributed by atoms with Crippen molar-refractivity contribution < 1.29 is 14.4 Å². The molecule has 0 saturated heterocycles. The summed E-state index contributed by atoms with van der Waals surface area (Å²) in [5, 5.41) is 2.37.